The number of likely N-dealkylation sites (tertiary alicyclic amines) is 1. The summed E-state index contributed by atoms with van der Waals surface area (Å²) < 4.78 is 1.86. The van der Waals surface area contributed by atoms with Crippen molar-refractivity contribution in [2.24, 2.45) is 5.92 Å². The van der Waals surface area contributed by atoms with Crippen molar-refractivity contribution in [3.05, 3.63) is 105 Å². The summed E-state index contributed by atoms with van der Waals surface area (Å²) in [7, 11) is 0. The minimum atomic E-state index is -0.895. The highest BCUT2D eigenvalue weighted by molar-refractivity contribution is 6.30. The molecule has 2 heterocycles. The van der Waals surface area contributed by atoms with Gasteiger partial charge in [0.15, 0.2) is 0 Å². The first-order chi connectivity index (χ1) is 18.5. The number of fused-ring (bicyclic) bond motifs is 1. The molecule has 3 aromatic carbocycles. The van der Waals surface area contributed by atoms with Crippen molar-refractivity contribution in [1.29, 1.82) is 0 Å². The first kappa shape index (κ1) is 26.1. The van der Waals surface area contributed by atoms with Crippen LogP contribution >= 0.6 is 11.6 Å². The summed E-state index contributed by atoms with van der Waals surface area (Å²) in [4.78, 5) is 31.7. The average Bonchev–Trinajstić information content (AvgIpc) is 3.26. The number of imidazole rings is 1. The quantitative estimate of drug-likeness (QED) is 0.277. The summed E-state index contributed by atoms with van der Waals surface area (Å²) >= 11 is 6.10. The minimum absolute atomic E-state index is 0.0471. The fourth-order valence-corrected chi connectivity index (χ4v) is 5.83. The van der Waals surface area contributed by atoms with Crippen molar-refractivity contribution in [3.63, 3.8) is 0 Å². The molecule has 2 N–H and O–H groups in total. The molecule has 5 rings (SSSR count). The standard InChI is InChI=1S/C30H33ClN4O3/c31-25-14-12-23(13-15-25)20-33(19-22-7-2-1-3-8-22)17-6-9-24-21-34(30(37)38)18-16-27(24)35-28-11-5-4-10-26(28)32-29(35)36/h1-5,7-8,10-15,24,27H,6,9,16-21H2,(H,32,36)(H,37,38). The van der Waals surface area contributed by atoms with Crippen molar-refractivity contribution >= 4 is 28.7 Å². The van der Waals surface area contributed by atoms with Crippen molar-refractivity contribution in [1.82, 2.24) is 19.4 Å². The predicted molar refractivity (Wildman–Crippen MR) is 151 cm³/mol. The Kier molecular flexibility index (Phi) is 8.15. The second-order valence-corrected chi connectivity index (χ2v) is 10.6. The number of nitrogens with zero attached hydrogens (tertiary/aromatic N) is 3. The topological polar surface area (TPSA) is 81.6 Å². The van der Waals surface area contributed by atoms with Gasteiger partial charge in [0.05, 0.1) is 11.0 Å². The van der Waals surface area contributed by atoms with E-state index in [1.807, 2.05) is 47.0 Å². The Labute approximate surface area is 227 Å². The van der Waals surface area contributed by atoms with Crippen LogP contribution in [0.4, 0.5) is 4.79 Å². The molecule has 7 nitrogen and oxygen atoms in total. The molecular weight excluding hydrogens is 500 g/mol. The summed E-state index contributed by atoms with van der Waals surface area (Å²) in [6.45, 7) is 3.33. The summed E-state index contributed by atoms with van der Waals surface area (Å²) in [5, 5.41) is 10.4. The Morgan fingerprint density at radius 2 is 1.66 bits per heavy atom. The Hall–Kier alpha value is -3.55. The van der Waals surface area contributed by atoms with Gasteiger partial charge >= 0.3 is 11.8 Å². The third-order valence-electron chi connectivity index (χ3n) is 7.54. The lowest BCUT2D eigenvalue weighted by Gasteiger charge is -2.38. The molecule has 0 spiro atoms. The molecule has 8 heteroatoms. The monoisotopic (exact) mass is 532 g/mol. The van der Waals surface area contributed by atoms with E-state index >= 15 is 0 Å². The number of aromatic nitrogens is 2. The molecule has 0 aliphatic carbocycles. The van der Waals surface area contributed by atoms with E-state index in [-0.39, 0.29) is 17.6 Å². The van der Waals surface area contributed by atoms with Gasteiger partial charge in [-0.05, 0) is 67.1 Å². The molecule has 1 amide bonds. The third-order valence-corrected chi connectivity index (χ3v) is 7.79. The maximum atomic E-state index is 13.0. The molecule has 38 heavy (non-hydrogen) atoms. The van der Waals surface area contributed by atoms with Gasteiger partial charge in [-0.2, -0.15) is 0 Å². The lowest BCUT2D eigenvalue weighted by atomic mass is 9.87. The average molecular weight is 533 g/mol. The molecule has 1 fully saturated rings. The number of nitrogens with one attached hydrogen (secondary N) is 1. The number of carboxylic acid groups (broad SMARTS) is 1. The van der Waals surface area contributed by atoms with Gasteiger partial charge in [-0.15, -0.1) is 0 Å². The van der Waals surface area contributed by atoms with Gasteiger partial charge in [0.2, 0.25) is 0 Å². The minimum Gasteiger partial charge on any atom is -0.465 e. The molecule has 4 aromatic rings. The van der Waals surface area contributed by atoms with Crippen molar-refractivity contribution in [2.75, 3.05) is 19.6 Å². The molecule has 198 valence electrons. The van der Waals surface area contributed by atoms with Crippen LogP contribution < -0.4 is 5.69 Å². The van der Waals surface area contributed by atoms with E-state index in [9.17, 15) is 14.7 Å². The number of aromatic amines is 1. The number of carbonyl (C=O) groups is 1. The maximum Gasteiger partial charge on any atom is 0.407 e. The molecule has 2 unspecified atom stereocenters. The van der Waals surface area contributed by atoms with E-state index in [1.54, 1.807) is 0 Å². The van der Waals surface area contributed by atoms with Gasteiger partial charge in [-0.25, -0.2) is 9.59 Å². The first-order valence-electron chi connectivity index (χ1n) is 13.2. The molecule has 0 radical (unpaired) electrons. The van der Waals surface area contributed by atoms with Gasteiger partial charge in [-0.3, -0.25) is 9.47 Å². The summed E-state index contributed by atoms with van der Waals surface area (Å²) in [6.07, 6.45) is 1.45. The number of rotatable bonds is 9. The van der Waals surface area contributed by atoms with Crippen LogP contribution in [0.15, 0.2) is 83.7 Å². The highest BCUT2D eigenvalue weighted by Crippen LogP contribution is 2.33. The molecule has 0 bridgehead atoms. The van der Waals surface area contributed by atoms with Crippen LogP contribution in [0.3, 0.4) is 0 Å². The first-order valence-corrected chi connectivity index (χ1v) is 13.5. The fourth-order valence-electron chi connectivity index (χ4n) is 5.70. The number of halogens is 1. The van der Waals surface area contributed by atoms with Crippen LogP contribution in [0.2, 0.25) is 5.02 Å². The van der Waals surface area contributed by atoms with Crippen LogP contribution in [0.25, 0.3) is 11.0 Å². The molecular formula is C30H33ClN4O3. The SMILES string of the molecule is O=C(O)N1CCC(n2c(=O)[nH]c3ccccc32)C(CCCN(Cc2ccccc2)Cc2ccc(Cl)cc2)C1. The zero-order chi connectivity index (χ0) is 26.5. The normalized spacial score (nSPS) is 17.8. The van der Waals surface area contributed by atoms with Gasteiger partial charge in [-0.1, -0.05) is 66.2 Å². The zero-order valence-electron chi connectivity index (χ0n) is 21.3. The van der Waals surface area contributed by atoms with Crippen molar-refractivity contribution in [2.45, 2.75) is 38.4 Å². The Morgan fingerprint density at radius 3 is 2.39 bits per heavy atom. The van der Waals surface area contributed by atoms with Gasteiger partial charge in [0.1, 0.15) is 0 Å². The van der Waals surface area contributed by atoms with E-state index in [2.05, 4.69) is 46.3 Å². The van der Waals surface area contributed by atoms with E-state index < -0.39 is 6.09 Å². The molecule has 1 aliphatic rings. The molecule has 1 aromatic heterocycles. The zero-order valence-corrected chi connectivity index (χ0v) is 22.1. The van der Waals surface area contributed by atoms with Crippen LogP contribution in [-0.4, -0.2) is 50.2 Å². The second kappa shape index (κ2) is 11.9. The molecule has 0 saturated carbocycles. The van der Waals surface area contributed by atoms with Crippen LogP contribution in [0.1, 0.15) is 36.4 Å². The Bertz CT molecular complexity index is 1420. The lowest BCUT2D eigenvalue weighted by Crippen LogP contribution is -2.45. The van der Waals surface area contributed by atoms with Gasteiger partial charge in [0.25, 0.3) is 0 Å². The summed E-state index contributed by atoms with van der Waals surface area (Å²) in [5.41, 5.74) is 4.01. The van der Waals surface area contributed by atoms with Gasteiger partial charge < -0.3 is 15.0 Å². The molecule has 1 saturated heterocycles. The van der Waals surface area contributed by atoms with Crippen LogP contribution in [0.5, 0.6) is 0 Å². The van der Waals surface area contributed by atoms with E-state index in [0.29, 0.717) is 19.5 Å². The molecule has 2 atom stereocenters. The number of hydrogen-bond acceptors (Lipinski definition) is 3. The largest absolute Gasteiger partial charge is 0.465 e. The van der Waals surface area contributed by atoms with E-state index in [0.717, 1.165) is 48.5 Å². The van der Waals surface area contributed by atoms with E-state index in [4.69, 9.17) is 11.6 Å². The van der Waals surface area contributed by atoms with Crippen molar-refractivity contribution < 1.29 is 9.90 Å². The summed E-state index contributed by atoms with van der Waals surface area (Å²) in [6, 6.07) is 26.1. The number of piperidine rings is 1. The Morgan fingerprint density at radius 1 is 0.974 bits per heavy atom. The van der Waals surface area contributed by atoms with E-state index in [1.165, 1.54) is 16.0 Å². The number of amides is 1. The van der Waals surface area contributed by atoms with Crippen LogP contribution in [0, 0.1) is 5.92 Å². The maximum absolute atomic E-state index is 13.0. The second-order valence-electron chi connectivity index (χ2n) is 10.1. The highest BCUT2D eigenvalue weighted by atomic mass is 35.5. The predicted octanol–water partition coefficient (Wildman–Crippen LogP) is 6.01. The number of benzene rings is 3. The number of hydrogen-bond donors (Lipinski definition) is 2. The number of H-pyrrole nitrogens is 1. The fraction of sp³-hybridized carbons (Fsp3) is 0.333. The lowest BCUT2D eigenvalue weighted by molar-refractivity contribution is 0.0932. The summed E-state index contributed by atoms with van der Waals surface area (Å²) in [5.74, 6) is 0.0471. The smallest absolute Gasteiger partial charge is 0.407 e. The highest BCUT2D eigenvalue weighted by Gasteiger charge is 2.34. The molecule has 1 aliphatic heterocycles. The Balaban J connectivity index is 1.33. The van der Waals surface area contributed by atoms with Crippen LogP contribution in [-0.2, 0) is 13.1 Å². The van der Waals surface area contributed by atoms with Gasteiger partial charge in [0, 0.05) is 37.2 Å². The van der Waals surface area contributed by atoms with Crippen molar-refractivity contribution in [3.8, 4) is 0 Å². The number of para-hydroxylation sites is 2. The third kappa shape index (κ3) is 6.11.